The van der Waals surface area contributed by atoms with Crippen molar-refractivity contribution in [1.29, 1.82) is 5.26 Å². The lowest BCUT2D eigenvalue weighted by molar-refractivity contribution is -0.137. The molecule has 0 unspecified atom stereocenters. The maximum Gasteiger partial charge on any atom is 0.417 e. The number of nitrogens with zero attached hydrogens (tertiary/aromatic N) is 2. The number of para-hydroxylation sites is 1. The molecule has 0 aliphatic rings. The molecule has 0 saturated carbocycles. The quantitative estimate of drug-likeness (QED) is 0.651. The fourth-order valence-electron chi connectivity index (χ4n) is 2.94. The van der Waals surface area contributed by atoms with E-state index in [0.29, 0.717) is 11.6 Å². The summed E-state index contributed by atoms with van der Waals surface area (Å²) in [5.74, 6) is -1.29. The first-order chi connectivity index (χ1) is 14.5. The summed E-state index contributed by atoms with van der Waals surface area (Å²) in [6, 6.07) is 12.9. The fraction of sp³-hybridized carbons (Fsp3) is 0.182. The van der Waals surface area contributed by atoms with Gasteiger partial charge in [-0.25, -0.2) is 0 Å². The van der Waals surface area contributed by atoms with Gasteiger partial charge in [-0.2, -0.15) is 18.4 Å². The summed E-state index contributed by atoms with van der Waals surface area (Å²) >= 11 is 0. The molecule has 2 amide bonds. The first-order valence-corrected chi connectivity index (χ1v) is 9.12. The monoisotopic (exact) mass is 426 g/mol. The maximum atomic E-state index is 13.1. The molecule has 3 rings (SSSR count). The molecule has 0 radical (unpaired) electrons. The number of anilines is 1. The molecule has 1 aromatic heterocycles. The van der Waals surface area contributed by atoms with Crippen LogP contribution in [-0.4, -0.2) is 22.3 Å². The third kappa shape index (κ3) is 4.64. The molecule has 0 aliphatic carbocycles. The molecular weight excluding hydrogens is 409 g/mol. The van der Waals surface area contributed by atoms with Gasteiger partial charge in [0.05, 0.1) is 28.3 Å². The molecule has 0 atom stereocenters. The Morgan fingerprint density at radius 3 is 2.45 bits per heavy atom. The van der Waals surface area contributed by atoms with E-state index in [1.54, 1.807) is 36.5 Å². The number of hydrogen-bond acceptors (Lipinski definition) is 4. The molecule has 0 fully saturated rings. The van der Waals surface area contributed by atoms with Gasteiger partial charge in [-0.3, -0.25) is 14.6 Å². The minimum atomic E-state index is -4.75. The van der Waals surface area contributed by atoms with Gasteiger partial charge in [0, 0.05) is 17.3 Å². The molecule has 0 saturated heterocycles. The topological polar surface area (TPSA) is 94.9 Å². The van der Waals surface area contributed by atoms with Crippen LogP contribution in [0.25, 0.3) is 10.9 Å². The van der Waals surface area contributed by atoms with E-state index in [1.807, 2.05) is 0 Å². The summed E-state index contributed by atoms with van der Waals surface area (Å²) < 4.78 is 39.4. The number of nitrogens with one attached hydrogen (secondary N) is 2. The van der Waals surface area contributed by atoms with Crippen molar-refractivity contribution in [3.63, 3.8) is 0 Å². The standard InChI is InChI=1S/C22H17F3N4O2/c1-21(2,29-19(30)16-7-3-5-13-6-4-10-27-18(13)16)20(31)28-15-9-8-14(12-26)17(11-15)22(23,24)25/h3-11H,1-2H3,(H,28,31)(H,29,30). The van der Waals surface area contributed by atoms with Crippen molar-refractivity contribution in [1.82, 2.24) is 10.3 Å². The first-order valence-electron chi connectivity index (χ1n) is 9.12. The second-order valence-corrected chi connectivity index (χ2v) is 7.28. The zero-order chi connectivity index (χ0) is 22.8. The first kappa shape index (κ1) is 21.8. The third-order valence-corrected chi connectivity index (χ3v) is 4.57. The highest BCUT2D eigenvalue weighted by molar-refractivity contribution is 6.08. The van der Waals surface area contributed by atoms with Gasteiger partial charge in [-0.15, -0.1) is 0 Å². The summed E-state index contributed by atoms with van der Waals surface area (Å²) in [7, 11) is 0. The van der Waals surface area contributed by atoms with Crippen LogP contribution in [0.5, 0.6) is 0 Å². The maximum absolute atomic E-state index is 13.1. The van der Waals surface area contributed by atoms with Crippen LogP contribution in [-0.2, 0) is 11.0 Å². The number of carbonyl (C=O) groups excluding carboxylic acids is 2. The molecule has 3 aromatic rings. The molecule has 2 N–H and O–H groups in total. The lowest BCUT2D eigenvalue weighted by Crippen LogP contribution is -2.52. The van der Waals surface area contributed by atoms with E-state index in [4.69, 9.17) is 5.26 Å². The number of halogens is 3. The lowest BCUT2D eigenvalue weighted by Gasteiger charge is -2.25. The average Bonchev–Trinajstić information content (AvgIpc) is 2.72. The second kappa shape index (κ2) is 8.07. The van der Waals surface area contributed by atoms with Crippen LogP contribution in [0.1, 0.15) is 35.3 Å². The zero-order valence-electron chi connectivity index (χ0n) is 16.5. The highest BCUT2D eigenvalue weighted by Crippen LogP contribution is 2.33. The van der Waals surface area contributed by atoms with Crippen molar-refractivity contribution in [2.45, 2.75) is 25.6 Å². The number of aromatic nitrogens is 1. The Kier molecular flexibility index (Phi) is 5.66. The number of amides is 2. The molecule has 6 nitrogen and oxygen atoms in total. The molecule has 1 heterocycles. The van der Waals surface area contributed by atoms with Gasteiger partial charge in [-0.05, 0) is 44.2 Å². The van der Waals surface area contributed by atoms with Gasteiger partial charge < -0.3 is 10.6 Å². The Bertz CT molecular complexity index is 1210. The predicted molar refractivity (Wildman–Crippen MR) is 108 cm³/mol. The Hall–Kier alpha value is -3.93. The van der Waals surface area contributed by atoms with Crippen molar-refractivity contribution in [2.24, 2.45) is 0 Å². The van der Waals surface area contributed by atoms with Crippen molar-refractivity contribution in [2.75, 3.05) is 5.32 Å². The number of fused-ring (bicyclic) bond motifs is 1. The van der Waals surface area contributed by atoms with Gasteiger partial charge in [0.25, 0.3) is 5.91 Å². The highest BCUT2D eigenvalue weighted by atomic mass is 19.4. The highest BCUT2D eigenvalue weighted by Gasteiger charge is 2.35. The largest absolute Gasteiger partial charge is 0.417 e. The molecule has 158 valence electrons. The van der Waals surface area contributed by atoms with E-state index < -0.39 is 34.7 Å². The van der Waals surface area contributed by atoms with Crippen LogP contribution in [0.15, 0.2) is 54.7 Å². The number of rotatable bonds is 4. The number of benzene rings is 2. The van der Waals surface area contributed by atoms with Gasteiger partial charge in [0.15, 0.2) is 0 Å². The van der Waals surface area contributed by atoms with E-state index in [1.165, 1.54) is 26.0 Å². The van der Waals surface area contributed by atoms with Gasteiger partial charge >= 0.3 is 6.18 Å². The Morgan fingerprint density at radius 2 is 1.77 bits per heavy atom. The fourth-order valence-corrected chi connectivity index (χ4v) is 2.94. The molecular formula is C22H17F3N4O2. The van der Waals surface area contributed by atoms with Crippen LogP contribution in [0.4, 0.5) is 18.9 Å². The van der Waals surface area contributed by atoms with Crippen molar-refractivity contribution < 1.29 is 22.8 Å². The molecule has 0 aliphatic heterocycles. The predicted octanol–water partition coefficient (Wildman–Crippen LogP) is 4.27. The van der Waals surface area contributed by atoms with E-state index in [9.17, 15) is 22.8 Å². The normalized spacial score (nSPS) is 11.6. The van der Waals surface area contributed by atoms with Crippen LogP contribution < -0.4 is 10.6 Å². The van der Waals surface area contributed by atoms with Crippen LogP contribution in [0, 0.1) is 11.3 Å². The molecule has 2 aromatic carbocycles. The number of pyridine rings is 1. The van der Waals surface area contributed by atoms with E-state index in [0.717, 1.165) is 11.5 Å². The van der Waals surface area contributed by atoms with Gasteiger partial charge in [0.2, 0.25) is 5.91 Å². The van der Waals surface area contributed by atoms with Crippen LogP contribution in [0.3, 0.4) is 0 Å². The Labute approximate surface area is 175 Å². The minimum absolute atomic E-state index is 0.148. The molecule has 31 heavy (non-hydrogen) atoms. The van der Waals surface area contributed by atoms with E-state index in [-0.39, 0.29) is 11.3 Å². The van der Waals surface area contributed by atoms with E-state index >= 15 is 0 Å². The number of carbonyl (C=O) groups is 2. The summed E-state index contributed by atoms with van der Waals surface area (Å²) in [6.45, 7) is 2.85. The summed E-state index contributed by atoms with van der Waals surface area (Å²) in [4.78, 5) is 29.7. The van der Waals surface area contributed by atoms with Gasteiger partial charge in [0.1, 0.15) is 5.54 Å². The Balaban J connectivity index is 1.82. The van der Waals surface area contributed by atoms with Crippen LogP contribution in [0.2, 0.25) is 0 Å². The number of alkyl halides is 3. The van der Waals surface area contributed by atoms with Crippen molar-refractivity contribution in [3.05, 3.63) is 71.4 Å². The third-order valence-electron chi connectivity index (χ3n) is 4.57. The SMILES string of the molecule is CC(C)(NC(=O)c1cccc2cccnc12)C(=O)Nc1ccc(C#N)c(C(F)(F)F)c1. The van der Waals surface area contributed by atoms with E-state index in [2.05, 4.69) is 15.6 Å². The van der Waals surface area contributed by atoms with Crippen LogP contribution >= 0.6 is 0 Å². The summed E-state index contributed by atoms with van der Waals surface area (Å²) in [5, 5.41) is 14.6. The number of hydrogen-bond donors (Lipinski definition) is 2. The van der Waals surface area contributed by atoms with Gasteiger partial charge in [-0.1, -0.05) is 18.2 Å². The smallest absolute Gasteiger partial charge is 0.338 e. The number of nitriles is 1. The lowest BCUT2D eigenvalue weighted by atomic mass is 10.0. The Morgan fingerprint density at radius 1 is 1.06 bits per heavy atom. The van der Waals surface area contributed by atoms with Crippen molar-refractivity contribution >= 4 is 28.4 Å². The average molecular weight is 426 g/mol. The zero-order valence-corrected chi connectivity index (χ0v) is 16.5. The molecule has 0 spiro atoms. The molecule has 9 heteroatoms. The molecule has 0 bridgehead atoms. The minimum Gasteiger partial charge on any atom is -0.338 e. The second-order valence-electron chi connectivity index (χ2n) is 7.28. The van der Waals surface area contributed by atoms with Crippen molar-refractivity contribution in [3.8, 4) is 6.07 Å². The summed E-state index contributed by atoms with van der Waals surface area (Å²) in [6.07, 6.45) is -3.21. The summed E-state index contributed by atoms with van der Waals surface area (Å²) in [5.41, 5.74) is -2.60.